The molecule has 7 nitrogen and oxygen atoms in total. The van der Waals surface area contributed by atoms with Crippen LogP contribution in [0.3, 0.4) is 0 Å². The van der Waals surface area contributed by atoms with Crippen LogP contribution < -0.4 is 10.6 Å². The van der Waals surface area contributed by atoms with Crippen molar-refractivity contribution in [3.8, 4) is 0 Å². The zero-order valence-electron chi connectivity index (χ0n) is 13.6. The molecule has 0 bridgehead atoms. The molecule has 1 unspecified atom stereocenters. The molecule has 7 heteroatoms. The average molecular weight is 330 g/mol. The molecule has 1 aromatic carbocycles. The Morgan fingerprint density at radius 2 is 1.83 bits per heavy atom. The number of ether oxygens (including phenoxy) is 1. The molecule has 0 radical (unpaired) electrons. The fourth-order valence-electron chi connectivity index (χ4n) is 2.52. The highest BCUT2D eigenvalue weighted by Gasteiger charge is 2.36. The van der Waals surface area contributed by atoms with Crippen molar-refractivity contribution >= 4 is 29.3 Å². The van der Waals surface area contributed by atoms with Crippen molar-refractivity contribution in [2.75, 3.05) is 12.4 Å². The van der Waals surface area contributed by atoms with E-state index in [0.29, 0.717) is 16.9 Å². The predicted molar refractivity (Wildman–Crippen MR) is 86.0 cm³/mol. The van der Waals surface area contributed by atoms with Crippen LogP contribution in [0, 0.1) is 5.92 Å². The lowest BCUT2D eigenvalue weighted by atomic mass is 9.89. The molecule has 2 N–H and O–H groups in total. The lowest BCUT2D eigenvalue weighted by Gasteiger charge is -2.25. The number of ketones is 1. The molecular weight excluding hydrogens is 312 g/mol. The maximum Gasteiger partial charge on any atom is 0.336 e. The van der Waals surface area contributed by atoms with Crippen molar-refractivity contribution in [1.82, 2.24) is 5.32 Å². The zero-order chi connectivity index (χ0) is 17.9. The number of carbonyl (C=O) groups excluding carboxylic acids is 4. The van der Waals surface area contributed by atoms with Crippen molar-refractivity contribution in [3.63, 3.8) is 0 Å². The SMILES string of the molecule is COC(=O)C1=C(C)NC(=O)CC1C(=O)Nc1ccc(C(C)=O)cc1. The van der Waals surface area contributed by atoms with Crippen LogP contribution in [0.5, 0.6) is 0 Å². The van der Waals surface area contributed by atoms with Crippen molar-refractivity contribution in [2.24, 2.45) is 5.92 Å². The number of amides is 2. The summed E-state index contributed by atoms with van der Waals surface area (Å²) < 4.78 is 4.70. The molecule has 1 aliphatic rings. The highest BCUT2D eigenvalue weighted by atomic mass is 16.5. The Hall–Kier alpha value is -2.96. The van der Waals surface area contributed by atoms with Crippen LogP contribution in [-0.4, -0.2) is 30.7 Å². The zero-order valence-corrected chi connectivity index (χ0v) is 13.6. The number of carbonyl (C=O) groups is 4. The molecule has 0 saturated heterocycles. The van der Waals surface area contributed by atoms with E-state index in [4.69, 9.17) is 4.74 Å². The minimum absolute atomic E-state index is 0.0802. The molecule has 1 aromatic rings. The number of hydrogen-bond donors (Lipinski definition) is 2. The van der Waals surface area contributed by atoms with Gasteiger partial charge in [0, 0.05) is 23.4 Å². The molecule has 24 heavy (non-hydrogen) atoms. The molecule has 0 saturated carbocycles. The molecule has 1 aliphatic heterocycles. The number of esters is 1. The van der Waals surface area contributed by atoms with Crippen molar-refractivity contribution in [2.45, 2.75) is 20.3 Å². The van der Waals surface area contributed by atoms with Crippen LogP contribution in [0.4, 0.5) is 5.69 Å². The third kappa shape index (κ3) is 3.68. The molecule has 0 aromatic heterocycles. The third-order valence-corrected chi connectivity index (χ3v) is 3.75. The molecule has 1 atom stereocenters. The molecular formula is C17H18N2O5. The molecule has 1 heterocycles. The Kier molecular flexibility index (Phi) is 5.13. The minimum atomic E-state index is -0.932. The van der Waals surface area contributed by atoms with Crippen molar-refractivity contribution in [1.29, 1.82) is 0 Å². The number of hydrogen-bond acceptors (Lipinski definition) is 5. The summed E-state index contributed by atoms with van der Waals surface area (Å²) in [5.74, 6) is -2.49. The minimum Gasteiger partial charge on any atom is -0.466 e. The van der Waals surface area contributed by atoms with Gasteiger partial charge in [0.2, 0.25) is 11.8 Å². The molecule has 126 valence electrons. The van der Waals surface area contributed by atoms with E-state index < -0.39 is 17.8 Å². The molecule has 2 rings (SSSR count). The molecule has 0 fully saturated rings. The van der Waals surface area contributed by atoms with Gasteiger partial charge < -0.3 is 15.4 Å². The highest BCUT2D eigenvalue weighted by Crippen LogP contribution is 2.25. The maximum absolute atomic E-state index is 12.5. The van der Waals surface area contributed by atoms with E-state index in [1.54, 1.807) is 31.2 Å². The predicted octanol–water partition coefficient (Wildman–Crippen LogP) is 1.41. The van der Waals surface area contributed by atoms with E-state index >= 15 is 0 Å². The van der Waals surface area contributed by atoms with Gasteiger partial charge in [0.05, 0.1) is 18.6 Å². The summed E-state index contributed by atoms with van der Waals surface area (Å²) in [5, 5.41) is 5.19. The van der Waals surface area contributed by atoms with Crippen molar-refractivity contribution < 1.29 is 23.9 Å². The quantitative estimate of drug-likeness (QED) is 0.642. The first-order valence-corrected chi connectivity index (χ1v) is 7.34. The first kappa shape index (κ1) is 17.4. The Morgan fingerprint density at radius 3 is 2.38 bits per heavy atom. The van der Waals surface area contributed by atoms with E-state index in [1.807, 2.05) is 0 Å². The van der Waals surface area contributed by atoms with Gasteiger partial charge in [-0.3, -0.25) is 14.4 Å². The summed E-state index contributed by atoms with van der Waals surface area (Å²) in [5.41, 5.74) is 1.44. The summed E-state index contributed by atoms with van der Waals surface area (Å²) in [4.78, 5) is 47.4. The topological polar surface area (TPSA) is 102 Å². The van der Waals surface area contributed by atoms with Crippen LogP contribution in [-0.2, 0) is 19.1 Å². The first-order valence-electron chi connectivity index (χ1n) is 7.34. The number of nitrogens with one attached hydrogen (secondary N) is 2. The fourth-order valence-corrected chi connectivity index (χ4v) is 2.52. The lowest BCUT2D eigenvalue weighted by Crippen LogP contribution is -2.40. The second-order valence-corrected chi connectivity index (χ2v) is 5.46. The van der Waals surface area contributed by atoms with Gasteiger partial charge in [-0.05, 0) is 38.1 Å². The summed E-state index contributed by atoms with van der Waals surface area (Å²) >= 11 is 0. The third-order valence-electron chi connectivity index (χ3n) is 3.75. The number of benzene rings is 1. The van der Waals surface area contributed by atoms with Gasteiger partial charge in [-0.1, -0.05) is 0 Å². The van der Waals surface area contributed by atoms with E-state index in [9.17, 15) is 19.2 Å². The normalized spacial score (nSPS) is 17.1. The molecule has 2 amide bonds. The summed E-state index contributed by atoms with van der Waals surface area (Å²) in [6.07, 6.45) is -0.140. The second kappa shape index (κ2) is 7.08. The van der Waals surface area contributed by atoms with E-state index in [1.165, 1.54) is 14.0 Å². The average Bonchev–Trinajstić information content (AvgIpc) is 2.53. The van der Waals surface area contributed by atoms with Gasteiger partial charge in [0.25, 0.3) is 0 Å². The molecule has 0 spiro atoms. The van der Waals surface area contributed by atoms with Crippen LogP contribution in [0.1, 0.15) is 30.6 Å². The van der Waals surface area contributed by atoms with E-state index in [-0.39, 0.29) is 23.7 Å². The number of anilines is 1. The Labute approximate surface area is 139 Å². The Balaban J connectivity index is 2.23. The Bertz CT molecular complexity index is 734. The fraction of sp³-hybridized carbons (Fsp3) is 0.294. The number of methoxy groups -OCH3 is 1. The van der Waals surface area contributed by atoms with Crippen molar-refractivity contribution in [3.05, 3.63) is 41.1 Å². The van der Waals surface area contributed by atoms with E-state index in [2.05, 4.69) is 10.6 Å². The second-order valence-electron chi connectivity index (χ2n) is 5.46. The van der Waals surface area contributed by atoms with Gasteiger partial charge in [-0.2, -0.15) is 0 Å². The van der Waals surface area contributed by atoms with Gasteiger partial charge in [-0.15, -0.1) is 0 Å². The molecule has 0 aliphatic carbocycles. The largest absolute Gasteiger partial charge is 0.466 e. The van der Waals surface area contributed by atoms with Crippen LogP contribution in [0.2, 0.25) is 0 Å². The first-order chi connectivity index (χ1) is 11.3. The van der Waals surface area contributed by atoms with Gasteiger partial charge in [0.15, 0.2) is 5.78 Å². The smallest absolute Gasteiger partial charge is 0.336 e. The summed E-state index contributed by atoms with van der Waals surface area (Å²) in [6, 6.07) is 6.36. The number of allylic oxidation sites excluding steroid dienone is 1. The van der Waals surface area contributed by atoms with Crippen LogP contribution in [0.15, 0.2) is 35.5 Å². The van der Waals surface area contributed by atoms with E-state index in [0.717, 1.165) is 0 Å². The van der Waals surface area contributed by atoms with Crippen LogP contribution in [0.25, 0.3) is 0 Å². The summed E-state index contributed by atoms with van der Waals surface area (Å²) in [7, 11) is 1.22. The van der Waals surface area contributed by atoms with Gasteiger partial charge in [0.1, 0.15) is 0 Å². The summed E-state index contributed by atoms with van der Waals surface area (Å²) in [6.45, 7) is 3.00. The monoisotopic (exact) mass is 330 g/mol. The number of Topliss-reactive ketones (excluding diaryl/α,β-unsaturated/α-hetero) is 1. The Morgan fingerprint density at radius 1 is 1.21 bits per heavy atom. The van der Waals surface area contributed by atoms with Gasteiger partial charge >= 0.3 is 5.97 Å². The van der Waals surface area contributed by atoms with Crippen LogP contribution >= 0.6 is 0 Å². The standard InChI is InChI=1S/C17H18N2O5/c1-9-15(17(23)24-3)13(8-14(21)18-9)16(22)19-12-6-4-11(5-7-12)10(2)20/h4-7,13H,8H2,1-3H3,(H,18,21)(H,19,22). The maximum atomic E-state index is 12.5. The number of rotatable bonds is 4. The highest BCUT2D eigenvalue weighted by molar-refractivity contribution is 6.06. The van der Waals surface area contributed by atoms with Gasteiger partial charge in [-0.25, -0.2) is 4.79 Å². The lowest BCUT2D eigenvalue weighted by molar-refractivity contribution is -0.139.